The number of alkyl halides is 3. The molecule has 118 valence electrons. The van der Waals surface area contributed by atoms with E-state index in [1.54, 1.807) is 30.3 Å². The molecule has 3 rings (SSSR count). The number of aromatic nitrogens is 2. The first kappa shape index (κ1) is 15.7. The van der Waals surface area contributed by atoms with Crippen LogP contribution in [0.3, 0.4) is 0 Å². The molecule has 1 atom stereocenters. The van der Waals surface area contributed by atoms with Crippen LogP contribution < -0.4 is 5.73 Å². The Morgan fingerprint density at radius 1 is 1.13 bits per heavy atom. The molecule has 3 aromatic rings. The van der Waals surface area contributed by atoms with Crippen LogP contribution in [0.4, 0.5) is 13.2 Å². The van der Waals surface area contributed by atoms with Gasteiger partial charge in [0.25, 0.3) is 0 Å². The summed E-state index contributed by atoms with van der Waals surface area (Å²) in [4.78, 5) is 8.26. The molecule has 3 nitrogen and oxygen atoms in total. The molecule has 2 aromatic heterocycles. The van der Waals surface area contributed by atoms with Crippen molar-refractivity contribution in [1.29, 1.82) is 0 Å². The van der Waals surface area contributed by atoms with Gasteiger partial charge in [-0.05, 0) is 24.3 Å². The average molecular weight is 338 g/mol. The van der Waals surface area contributed by atoms with Gasteiger partial charge in [0, 0.05) is 28.9 Å². The van der Waals surface area contributed by atoms with Crippen LogP contribution >= 0.6 is 11.6 Å². The third-order valence-corrected chi connectivity index (χ3v) is 3.75. The molecule has 0 saturated heterocycles. The molecule has 0 amide bonds. The third-order valence-electron chi connectivity index (χ3n) is 3.45. The Bertz CT molecular complexity index is 850. The Kier molecular flexibility index (Phi) is 3.95. The highest BCUT2D eigenvalue weighted by molar-refractivity contribution is 6.35. The Morgan fingerprint density at radius 2 is 1.91 bits per heavy atom. The molecule has 0 spiro atoms. The number of nitrogens with zero attached hydrogens (tertiary/aromatic N) is 2. The third kappa shape index (κ3) is 3.00. The summed E-state index contributed by atoms with van der Waals surface area (Å²) in [5.41, 5.74) is 6.31. The van der Waals surface area contributed by atoms with Gasteiger partial charge in [-0.1, -0.05) is 23.7 Å². The quantitative estimate of drug-likeness (QED) is 0.748. The normalized spacial score (nSPS) is 13.3. The number of pyridine rings is 2. The smallest absolute Gasteiger partial charge is 0.316 e. The van der Waals surface area contributed by atoms with Crippen LogP contribution in [0, 0.1) is 0 Å². The van der Waals surface area contributed by atoms with Gasteiger partial charge in [0.1, 0.15) is 6.04 Å². The number of rotatable bonds is 2. The lowest BCUT2D eigenvalue weighted by Crippen LogP contribution is -2.29. The van der Waals surface area contributed by atoms with Gasteiger partial charge >= 0.3 is 6.18 Å². The molecular formula is C16H11ClF3N3. The van der Waals surface area contributed by atoms with Gasteiger partial charge in [-0.15, -0.1) is 0 Å². The zero-order valence-corrected chi connectivity index (χ0v) is 12.4. The van der Waals surface area contributed by atoms with Crippen molar-refractivity contribution in [3.05, 3.63) is 59.4 Å². The van der Waals surface area contributed by atoms with Gasteiger partial charge in [0.05, 0.1) is 16.2 Å². The molecule has 2 heterocycles. The molecule has 0 radical (unpaired) electrons. The van der Waals surface area contributed by atoms with Crippen LogP contribution in [-0.2, 0) is 0 Å². The molecule has 0 aliphatic heterocycles. The Balaban J connectivity index is 2.32. The molecule has 2 N–H and O–H groups in total. The zero-order chi connectivity index (χ0) is 16.6. The molecule has 0 bridgehead atoms. The van der Waals surface area contributed by atoms with E-state index in [4.69, 9.17) is 17.3 Å². The second-order valence-electron chi connectivity index (χ2n) is 5.00. The minimum atomic E-state index is -4.58. The lowest BCUT2D eigenvalue weighted by Gasteiger charge is -2.19. The van der Waals surface area contributed by atoms with E-state index in [1.165, 1.54) is 18.5 Å². The fraction of sp³-hybridized carbons (Fsp3) is 0.125. The molecule has 0 aliphatic rings. The average Bonchev–Trinajstić information content (AvgIpc) is 2.53. The summed E-state index contributed by atoms with van der Waals surface area (Å²) in [7, 11) is 0. The highest BCUT2D eigenvalue weighted by atomic mass is 35.5. The molecule has 23 heavy (non-hydrogen) atoms. The number of para-hydroxylation sites is 1. The lowest BCUT2D eigenvalue weighted by atomic mass is 9.98. The van der Waals surface area contributed by atoms with Crippen molar-refractivity contribution in [3.63, 3.8) is 0 Å². The summed E-state index contributed by atoms with van der Waals surface area (Å²) >= 11 is 6.11. The van der Waals surface area contributed by atoms with Crippen molar-refractivity contribution in [2.45, 2.75) is 12.2 Å². The molecule has 0 fully saturated rings. The monoisotopic (exact) mass is 337 g/mol. The predicted octanol–water partition coefficient (Wildman–Crippen LogP) is 4.51. The Morgan fingerprint density at radius 3 is 2.57 bits per heavy atom. The molecule has 1 aromatic carbocycles. The molecule has 0 unspecified atom stereocenters. The maximum absolute atomic E-state index is 13.1. The standard InChI is InChI=1S/C16H11ClF3N3/c17-12-5-1-3-9-7-11(15(21)16(18,19)20)13(23-14(9)12)10-4-2-6-22-8-10/h1-8,15H,21H2/t15-/m0/s1. The van der Waals surface area contributed by atoms with E-state index in [0.717, 1.165) is 0 Å². The van der Waals surface area contributed by atoms with E-state index >= 15 is 0 Å². The van der Waals surface area contributed by atoms with Crippen LogP contribution in [0.15, 0.2) is 48.8 Å². The largest absolute Gasteiger partial charge is 0.407 e. The summed E-state index contributed by atoms with van der Waals surface area (Å²) < 4.78 is 39.3. The minimum Gasteiger partial charge on any atom is -0.316 e. The summed E-state index contributed by atoms with van der Waals surface area (Å²) in [5.74, 6) is 0. The first-order valence-electron chi connectivity index (χ1n) is 6.70. The van der Waals surface area contributed by atoms with Crippen LogP contribution in [0.25, 0.3) is 22.2 Å². The van der Waals surface area contributed by atoms with Crippen LogP contribution in [0.5, 0.6) is 0 Å². The van der Waals surface area contributed by atoms with Gasteiger partial charge in [-0.25, -0.2) is 4.98 Å². The van der Waals surface area contributed by atoms with E-state index in [1.807, 2.05) is 0 Å². The Hall–Kier alpha value is -2.18. The van der Waals surface area contributed by atoms with E-state index < -0.39 is 12.2 Å². The lowest BCUT2D eigenvalue weighted by molar-refractivity contribution is -0.149. The summed E-state index contributed by atoms with van der Waals surface area (Å²) in [6.07, 6.45) is -1.61. The van der Waals surface area contributed by atoms with Crippen LogP contribution in [-0.4, -0.2) is 16.1 Å². The Labute approximate surface area is 134 Å². The van der Waals surface area contributed by atoms with Crippen LogP contribution in [0.1, 0.15) is 11.6 Å². The zero-order valence-electron chi connectivity index (χ0n) is 11.7. The molecule has 7 heteroatoms. The van der Waals surface area contributed by atoms with Crippen molar-refractivity contribution in [2.75, 3.05) is 0 Å². The molecular weight excluding hydrogens is 327 g/mol. The second kappa shape index (κ2) is 5.79. The first-order chi connectivity index (χ1) is 10.9. The number of halogens is 4. The number of nitrogens with two attached hydrogens (primary N) is 1. The van der Waals surface area contributed by atoms with E-state index in [0.29, 0.717) is 21.5 Å². The van der Waals surface area contributed by atoms with Crippen molar-refractivity contribution < 1.29 is 13.2 Å². The maximum atomic E-state index is 13.1. The van der Waals surface area contributed by atoms with Gasteiger partial charge in [0.2, 0.25) is 0 Å². The number of benzene rings is 1. The van der Waals surface area contributed by atoms with E-state index in [-0.39, 0.29) is 11.3 Å². The maximum Gasteiger partial charge on any atom is 0.407 e. The van der Waals surface area contributed by atoms with Crippen molar-refractivity contribution in [3.8, 4) is 11.3 Å². The van der Waals surface area contributed by atoms with Crippen molar-refractivity contribution in [2.24, 2.45) is 5.73 Å². The first-order valence-corrected chi connectivity index (χ1v) is 7.07. The minimum absolute atomic E-state index is 0.111. The van der Waals surface area contributed by atoms with Crippen molar-refractivity contribution in [1.82, 2.24) is 9.97 Å². The molecule has 0 saturated carbocycles. The number of hydrogen-bond acceptors (Lipinski definition) is 3. The van der Waals surface area contributed by atoms with E-state index in [9.17, 15) is 13.2 Å². The van der Waals surface area contributed by atoms with Gasteiger partial charge < -0.3 is 5.73 Å². The van der Waals surface area contributed by atoms with Crippen molar-refractivity contribution >= 4 is 22.5 Å². The molecule has 0 aliphatic carbocycles. The topological polar surface area (TPSA) is 51.8 Å². The fourth-order valence-corrected chi connectivity index (χ4v) is 2.55. The number of fused-ring (bicyclic) bond motifs is 1. The van der Waals surface area contributed by atoms with Gasteiger partial charge in [0.15, 0.2) is 0 Å². The number of hydrogen-bond donors (Lipinski definition) is 1. The van der Waals surface area contributed by atoms with Gasteiger partial charge in [-0.3, -0.25) is 4.98 Å². The van der Waals surface area contributed by atoms with Gasteiger partial charge in [-0.2, -0.15) is 13.2 Å². The highest BCUT2D eigenvalue weighted by Crippen LogP contribution is 2.37. The second-order valence-corrected chi connectivity index (χ2v) is 5.41. The fourth-order valence-electron chi connectivity index (χ4n) is 2.33. The summed E-state index contributed by atoms with van der Waals surface area (Å²) in [6.45, 7) is 0. The van der Waals surface area contributed by atoms with Crippen LogP contribution in [0.2, 0.25) is 5.02 Å². The highest BCUT2D eigenvalue weighted by Gasteiger charge is 2.39. The SMILES string of the molecule is N[C@@H](c1cc2cccc(Cl)c2nc1-c1cccnc1)C(F)(F)F. The summed E-state index contributed by atoms with van der Waals surface area (Å²) in [6, 6.07) is 7.42. The summed E-state index contributed by atoms with van der Waals surface area (Å²) in [5, 5.41) is 0.861. The van der Waals surface area contributed by atoms with E-state index in [2.05, 4.69) is 9.97 Å². The predicted molar refractivity (Wildman–Crippen MR) is 83.0 cm³/mol.